The average Bonchev–Trinajstić information content (AvgIpc) is 2.68. The van der Waals surface area contributed by atoms with Gasteiger partial charge in [0.05, 0.1) is 22.7 Å². The lowest BCUT2D eigenvalue weighted by molar-refractivity contribution is 0.220. The molecule has 1 atom stereocenters. The third-order valence-electron chi connectivity index (χ3n) is 2.50. The second kappa shape index (κ2) is 5.14. The Kier molecular flexibility index (Phi) is 3.83. The topological polar surface area (TPSA) is 21.3 Å². The normalized spacial score (nSPS) is 18.1. The molecular weight excluding hydrogens is 274 g/mol. The number of halogens is 1. The Balaban J connectivity index is 2.19. The lowest BCUT2D eigenvalue weighted by Crippen LogP contribution is -2.19. The van der Waals surface area contributed by atoms with E-state index >= 15 is 0 Å². The fourth-order valence-electron chi connectivity index (χ4n) is 1.79. The van der Waals surface area contributed by atoms with E-state index in [2.05, 4.69) is 33.4 Å². The summed E-state index contributed by atoms with van der Waals surface area (Å²) in [4.78, 5) is 1.33. The number of hydrogen-bond donors (Lipinski definition) is 1. The van der Waals surface area contributed by atoms with E-state index in [0.717, 1.165) is 19.4 Å². The standard InChI is InChI=1S/C11H14BrNOS/c1-13-11(8-3-2-6-14-7-8)9-4-5-10(12)15-9/h4-5,7,11,13H,2-3,6H2,1H3. The van der Waals surface area contributed by atoms with Crippen molar-refractivity contribution >= 4 is 27.3 Å². The first-order valence-electron chi connectivity index (χ1n) is 5.04. The van der Waals surface area contributed by atoms with E-state index in [9.17, 15) is 0 Å². The molecule has 0 bridgehead atoms. The van der Waals surface area contributed by atoms with Gasteiger partial charge >= 0.3 is 0 Å². The molecule has 0 aromatic carbocycles. The molecule has 0 amide bonds. The first-order chi connectivity index (χ1) is 7.31. The highest BCUT2D eigenvalue weighted by molar-refractivity contribution is 9.11. The first-order valence-corrected chi connectivity index (χ1v) is 6.65. The molecule has 2 heterocycles. The Morgan fingerprint density at radius 3 is 2.93 bits per heavy atom. The van der Waals surface area contributed by atoms with E-state index in [1.807, 2.05) is 13.3 Å². The summed E-state index contributed by atoms with van der Waals surface area (Å²) < 4.78 is 6.56. The van der Waals surface area contributed by atoms with Gasteiger partial charge < -0.3 is 10.1 Å². The number of nitrogens with one attached hydrogen (secondary N) is 1. The van der Waals surface area contributed by atoms with Crippen molar-refractivity contribution in [3.8, 4) is 0 Å². The average molecular weight is 288 g/mol. The molecule has 1 unspecified atom stereocenters. The lowest BCUT2D eigenvalue weighted by Gasteiger charge is -2.21. The molecule has 1 aromatic rings. The molecule has 0 saturated heterocycles. The van der Waals surface area contributed by atoms with Gasteiger partial charge in [0.1, 0.15) is 0 Å². The molecule has 0 aliphatic carbocycles. The van der Waals surface area contributed by atoms with Gasteiger partial charge in [-0.25, -0.2) is 0 Å². The minimum atomic E-state index is 0.307. The Bertz CT molecular complexity index is 361. The molecule has 4 heteroatoms. The van der Waals surface area contributed by atoms with Crippen LogP contribution in [0.3, 0.4) is 0 Å². The molecule has 15 heavy (non-hydrogen) atoms. The molecule has 1 N–H and O–H groups in total. The molecule has 2 nitrogen and oxygen atoms in total. The maximum absolute atomic E-state index is 5.38. The van der Waals surface area contributed by atoms with Gasteiger partial charge in [-0.1, -0.05) is 0 Å². The summed E-state index contributed by atoms with van der Waals surface area (Å²) in [6, 6.07) is 4.56. The van der Waals surface area contributed by atoms with Crippen molar-refractivity contribution in [3.63, 3.8) is 0 Å². The summed E-state index contributed by atoms with van der Waals surface area (Å²) in [5.74, 6) is 0. The lowest BCUT2D eigenvalue weighted by atomic mass is 10.0. The molecule has 82 valence electrons. The zero-order valence-electron chi connectivity index (χ0n) is 8.63. The largest absolute Gasteiger partial charge is 0.501 e. The van der Waals surface area contributed by atoms with Crippen LogP contribution in [-0.4, -0.2) is 13.7 Å². The van der Waals surface area contributed by atoms with Gasteiger partial charge in [0.2, 0.25) is 0 Å². The zero-order chi connectivity index (χ0) is 10.7. The maximum atomic E-state index is 5.38. The molecule has 0 radical (unpaired) electrons. The van der Waals surface area contributed by atoms with Crippen molar-refractivity contribution in [2.24, 2.45) is 0 Å². The fourth-order valence-corrected chi connectivity index (χ4v) is 3.37. The van der Waals surface area contributed by atoms with Crippen LogP contribution in [0.25, 0.3) is 0 Å². The van der Waals surface area contributed by atoms with Gasteiger partial charge in [0, 0.05) is 4.88 Å². The number of thiophene rings is 1. The van der Waals surface area contributed by atoms with E-state index in [4.69, 9.17) is 4.74 Å². The summed E-state index contributed by atoms with van der Waals surface area (Å²) in [7, 11) is 1.99. The van der Waals surface area contributed by atoms with Crippen LogP contribution in [0.5, 0.6) is 0 Å². The van der Waals surface area contributed by atoms with Crippen LogP contribution in [0.2, 0.25) is 0 Å². The molecule has 0 fully saturated rings. The second-order valence-corrected chi connectivity index (χ2v) is 6.03. The van der Waals surface area contributed by atoms with Gasteiger partial charge in [-0.05, 0) is 53.5 Å². The Morgan fingerprint density at radius 2 is 2.40 bits per heavy atom. The van der Waals surface area contributed by atoms with Gasteiger partial charge in [-0.3, -0.25) is 0 Å². The van der Waals surface area contributed by atoms with Gasteiger partial charge in [-0.2, -0.15) is 0 Å². The summed E-state index contributed by atoms with van der Waals surface area (Å²) in [6.45, 7) is 0.855. The second-order valence-electron chi connectivity index (χ2n) is 3.53. The molecule has 1 aromatic heterocycles. The Labute approximate surface area is 102 Å². The Hall–Kier alpha value is -0.320. The number of hydrogen-bond acceptors (Lipinski definition) is 3. The van der Waals surface area contributed by atoms with E-state index < -0.39 is 0 Å². The molecular formula is C11H14BrNOS. The molecule has 1 aliphatic heterocycles. The third-order valence-corrected chi connectivity index (χ3v) is 4.19. The van der Waals surface area contributed by atoms with Crippen LogP contribution in [0, 0.1) is 0 Å². The minimum Gasteiger partial charge on any atom is -0.501 e. The van der Waals surface area contributed by atoms with Gasteiger partial charge in [0.25, 0.3) is 0 Å². The van der Waals surface area contributed by atoms with Crippen molar-refractivity contribution < 1.29 is 4.74 Å². The molecule has 0 spiro atoms. The van der Waals surface area contributed by atoms with Crippen LogP contribution in [0.1, 0.15) is 23.8 Å². The van der Waals surface area contributed by atoms with Crippen LogP contribution in [0.15, 0.2) is 27.8 Å². The first kappa shape index (κ1) is 11.2. The molecule has 1 aliphatic rings. The number of rotatable bonds is 3. The van der Waals surface area contributed by atoms with Crippen molar-refractivity contribution in [2.75, 3.05) is 13.7 Å². The van der Waals surface area contributed by atoms with Gasteiger partial charge in [-0.15, -0.1) is 11.3 Å². The summed E-state index contributed by atoms with van der Waals surface area (Å²) in [5, 5.41) is 3.34. The third kappa shape index (κ3) is 2.62. The van der Waals surface area contributed by atoms with Crippen molar-refractivity contribution in [1.29, 1.82) is 0 Å². The van der Waals surface area contributed by atoms with Crippen LogP contribution < -0.4 is 5.32 Å². The van der Waals surface area contributed by atoms with Crippen LogP contribution in [0.4, 0.5) is 0 Å². The summed E-state index contributed by atoms with van der Waals surface area (Å²) >= 11 is 5.27. The van der Waals surface area contributed by atoms with E-state index in [0.29, 0.717) is 6.04 Å². The zero-order valence-corrected chi connectivity index (χ0v) is 11.0. The maximum Gasteiger partial charge on any atom is 0.0876 e. The van der Waals surface area contributed by atoms with E-state index in [-0.39, 0.29) is 0 Å². The quantitative estimate of drug-likeness (QED) is 0.919. The highest BCUT2D eigenvalue weighted by atomic mass is 79.9. The summed E-state index contributed by atoms with van der Waals surface area (Å²) in [5.41, 5.74) is 1.35. The molecule has 2 rings (SSSR count). The van der Waals surface area contributed by atoms with Crippen LogP contribution >= 0.6 is 27.3 Å². The van der Waals surface area contributed by atoms with Crippen LogP contribution in [-0.2, 0) is 4.74 Å². The predicted molar refractivity (Wildman–Crippen MR) is 67.1 cm³/mol. The highest BCUT2D eigenvalue weighted by Crippen LogP contribution is 2.33. The fraction of sp³-hybridized carbons (Fsp3) is 0.455. The summed E-state index contributed by atoms with van der Waals surface area (Å²) in [6.07, 6.45) is 4.16. The number of likely N-dealkylation sites (N-methyl/N-ethyl adjacent to an activating group) is 1. The van der Waals surface area contributed by atoms with Crippen molar-refractivity contribution in [3.05, 3.63) is 32.6 Å². The van der Waals surface area contributed by atoms with Crippen molar-refractivity contribution in [2.45, 2.75) is 18.9 Å². The van der Waals surface area contributed by atoms with Crippen molar-refractivity contribution in [1.82, 2.24) is 5.32 Å². The minimum absolute atomic E-state index is 0.307. The number of ether oxygens (including phenoxy) is 1. The van der Waals surface area contributed by atoms with Gasteiger partial charge in [0.15, 0.2) is 0 Å². The monoisotopic (exact) mass is 287 g/mol. The SMILES string of the molecule is CNC(C1=COCCC1)c1ccc(Br)s1. The van der Waals surface area contributed by atoms with E-state index in [1.165, 1.54) is 14.2 Å². The Morgan fingerprint density at radius 1 is 1.53 bits per heavy atom. The highest BCUT2D eigenvalue weighted by Gasteiger charge is 2.18. The predicted octanol–water partition coefficient (Wildman–Crippen LogP) is 3.47. The van der Waals surface area contributed by atoms with E-state index in [1.54, 1.807) is 11.3 Å². The molecule has 0 saturated carbocycles. The smallest absolute Gasteiger partial charge is 0.0876 e.